The van der Waals surface area contributed by atoms with Gasteiger partial charge in [-0.15, -0.1) is 0 Å². The number of ether oxygens (including phenoxy) is 1. The van der Waals surface area contributed by atoms with Gasteiger partial charge in [0.15, 0.2) is 0 Å². The molecule has 0 fully saturated rings. The van der Waals surface area contributed by atoms with Crippen LogP contribution in [0.15, 0.2) is 29.4 Å². The first-order valence-electron chi connectivity index (χ1n) is 4.83. The lowest BCUT2D eigenvalue weighted by Gasteiger charge is -2.00. The fourth-order valence-corrected chi connectivity index (χ4v) is 0.898. The van der Waals surface area contributed by atoms with Gasteiger partial charge in [-0.3, -0.25) is 0 Å². The molecule has 1 rings (SSSR count). The van der Waals surface area contributed by atoms with Crippen LogP contribution in [-0.4, -0.2) is 19.8 Å². The fraction of sp³-hybridized carbons (Fsp3) is 0.222. The molecule has 0 unspecified atom stereocenters. The van der Waals surface area contributed by atoms with Gasteiger partial charge in [0.05, 0.1) is 12.2 Å². The molecule has 1 aromatic rings. The number of hydrogen-bond acceptors (Lipinski definition) is 3. The quantitative estimate of drug-likeness (QED) is 0.393. The van der Waals surface area contributed by atoms with E-state index in [4.69, 9.17) is 10.3 Å². The Morgan fingerprint density at radius 2 is 1.72 bits per heavy atom. The van der Waals surface area contributed by atoms with Crippen LogP contribution in [-0.2, 0) is 4.74 Å². The normalized spacial score (nSPS) is 10.1. The maximum absolute atomic E-state index is 11.2. The first-order valence-corrected chi connectivity index (χ1v) is 4.83. The molecule has 0 radical (unpaired) electrons. The van der Waals surface area contributed by atoms with Crippen LogP contribution >= 0.6 is 0 Å². The van der Waals surface area contributed by atoms with Gasteiger partial charge in [0.25, 0.3) is 0 Å². The number of carbonyl (C=O) groups is 1. The molecule has 2 N–H and O–H groups in total. The largest absolute Gasteiger partial charge is 0.673 e. The molecule has 0 aliphatic rings. The number of benzene rings is 1. The SMILES string of the molecule is CCOC(=O)c1ccc(N=[NH2+])cc1.F[B-](F)(F)F. The molecule has 0 aliphatic carbocycles. The Morgan fingerprint density at radius 3 is 2.06 bits per heavy atom. The number of nitrogens with two attached hydrogens (primary N) is 1. The van der Waals surface area contributed by atoms with Crippen LogP contribution < -0.4 is 5.53 Å². The minimum Gasteiger partial charge on any atom is -0.462 e. The maximum Gasteiger partial charge on any atom is 0.673 e. The van der Waals surface area contributed by atoms with Crippen molar-refractivity contribution < 1.29 is 32.3 Å². The molecule has 0 amide bonds. The average Bonchev–Trinajstić information content (AvgIpc) is 2.27. The highest BCUT2D eigenvalue weighted by atomic mass is 19.5. The lowest BCUT2D eigenvalue weighted by Crippen LogP contribution is -2.21. The number of esters is 1. The molecule has 0 aromatic heterocycles. The van der Waals surface area contributed by atoms with E-state index in [0.717, 1.165) is 0 Å². The van der Waals surface area contributed by atoms with E-state index in [1.165, 1.54) is 0 Å². The summed E-state index contributed by atoms with van der Waals surface area (Å²) < 4.78 is 43.8. The highest BCUT2D eigenvalue weighted by Gasteiger charge is 2.20. The van der Waals surface area contributed by atoms with Crippen molar-refractivity contribution in [2.75, 3.05) is 6.61 Å². The molecular formula is C9H11BF4N2O2. The van der Waals surface area contributed by atoms with E-state index in [9.17, 15) is 22.1 Å². The average molecular weight is 266 g/mol. The molecule has 0 aliphatic heterocycles. The highest BCUT2D eigenvalue weighted by molar-refractivity contribution is 6.50. The summed E-state index contributed by atoms with van der Waals surface area (Å²) in [4.78, 5) is 11.2. The fourth-order valence-electron chi connectivity index (χ4n) is 0.898. The third-order valence-electron chi connectivity index (χ3n) is 1.53. The van der Waals surface area contributed by atoms with Crippen molar-refractivity contribution in [3.63, 3.8) is 0 Å². The van der Waals surface area contributed by atoms with Gasteiger partial charge in [0, 0.05) is 0 Å². The van der Waals surface area contributed by atoms with Crippen molar-refractivity contribution in [3.05, 3.63) is 29.8 Å². The van der Waals surface area contributed by atoms with Gasteiger partial charge in [-0.1, -0.05) is 0 Å². The third-order valence-corrected chi connectivity index (χ3v) is 1.53. The van der Waals surface area contributed by atoms with Crippen molar-refractivity contribution in [1.82, 2.24) is 0 Å². The molecule has 0 atom stereocenters. The van der Waals surface area contributed by atoms with Crippen LogP contribution in [0.2, 0.25) is 0 Å². The molecule has 0 bridgehead atoms. The molecule has 0 heterocycles. The van der Waals surface area contributed by atoms with Crippen molar-refractivity contribution in [3.8, 4) is 0 Å². The summed E-state index contributed by atoms with van der Waals surface area (Å²) in [6.07, 6.45) is 0. The van der Waals surface area contributed by atoms with E-state index < -0.39 is 7.25 Å². The van der Waals surface area contributed by atoms with Gasteiger partial charge in [0.2, 0.25) is 0 Å². The second kappa shape index (κ2) is 7.41. The van der Waals surface area contributed by atoms with Crippen LogP contribution in [0, 0.1) is 0 Å². The maximum atomic E-state index is 11.2. The van der Waals surface area contributed by atoms with Gasteiger partial charge in [-0.05, 0) is 36.3 Å². The molecule has 0 saturated carbocycles. The summed E-state index contributed by atoms with van der Waals surface area (Å²) in [6, 6.07) is 6.58. The Labute approximate surface area is 101 Å². The number of halogens is 4. The van der Waals surface area contributed by atoms with Gasteiger partial charge < -0.3 is 22.0 Å². The Kier molecular flexibility index (Phi) is 6.62. The van der Waals surface area contributed by atoms with Gasteiger partial charge >= 0.3 is 13.2 Å². The third kappa shape index (κ3) is 8.25. The molecule has 4 nitrogen and oxygen atoms in total. The monoisotopic (exact) mass is 266 g/mol. The summed E-state index contributed by atoms with van der Waals surface area (Å²) >= 11 is 0. The summed E-state index contributed by atoms with van der Waals surface area (Å²) in [7, 11) is -6.00. The Balaban J connectivity index is 0.000000494. The van der Waals surface area contributed by atoms with Gasteiger partial charge in [0.1, 0.15) is 5.69 Å². The van der Waals surface area contributed by atoms with Crippen molar-refractivity contribution in [2.45, 2.75) is 6.92 Å². The van der Waals surface area contributed by atoms with Crippen LogP contribution in [0.4, 0.5) is 23.0 Å². The lowest BCUT2D eigenvalue weighted by molar-refractivity contribution is -0.210. The first kappa shape index (κ1) is 16.1. The molecule has 100 valence electrons. The van der Waals surface area contributed by atoms with Crippen molar-refractivity contribution in [2.24, 2.45) is 5.11 Å². The van der Waals surface area contributed by atoms with Crippen LogP contribution in [0.25, 0.3) is 0 Å². The first-order chi connectivity index (χ1) is 8.27. The zero-order chi connectivity index (χ0) is 14.2. The van der Waals surface area contributed by atoms with E-state index in [1.54, 1.807) is 31.2 Å². The minimum atomic E-state index is -6.00. The summed E-state index contributed by atoms with van der Waals surface area (Å²) in [5.41, 5.74) is 6.18. The summed E-state index contributed by atoms with van der Waals surface area (Å²) in [5, 5.41) is 3.46. The number of nitrogens with zero attached hydrogens (tertiary/aromatic N) is 1. The Bertz CT molecular complexity index is 389. The van der Waals surface area contributed by atoms with E-state index in [1.807, 2.05) is 0 Å². The van der Waals surface area contributed by atoms with Crippen molar-refractivity contribution >= 4 is 18.9 Å². The smallest absolute Gasteiger partial charge is 0.462 e. The van der Waals surface area contributed by atoms with E-state index >= 15 is 0 Å². The number of carbonyl (C=O) groups excluding carboxylic acids is 1. The Morgan fingerprint density at radius 1 is 1.28 bits per heavy atom. The van der Waals surface area contributed by atoms with E-state index in [0.29, 0.717) is 17.9 Å². The summed E-state index contributed by atoms with van der Waals surface area (Å²) in [5.74, 6) is -0.328. The zero-order valence-corrected chi connectivity index (χ0v) is 9.45. The highest BCUT2D eigenvalue weighted by Crippen LogP contribution is 2.11. The van der Waals surface area contributed by atoms with Gasteiger partial charge in [-0.2, -0.15) is 5.53 Å². The minimum absolute atomic E-state index is 0.328. The zero-order valence-electron chi connectivity index (χ0n) is 9.45. The topological polar surface area (TPSA) is 64.2 Å². The van der Waals surface area contributed by atoms with E-state index in [2.05, 4.69) is 5.11 Å². The Hall–Kier alpha value is -1.93. The molecular weight excluding hydrogens is 255 g/mol. The molecule has 18 heavy (non-hydrogen) atoms. The van der Waals surface area contributed by atoms with Crippen molar-refractivity contribution in [1.29, 1.82) is 0 Å². The second-order valence-corrected chi connectivity index (χ2v) is 2.89. The summed E-state index contributed by atoms with van der Waals surface area (Å²) in [6.45, 7) is 2.14. The van der Waals surface area contributed by atoms with Crippen LogP contribution in [0.5, 0.6) is 0 Å². The van der Waals surface area contributed by atoms with Crippen LogP contribution in [0.1, 0.15) is 17.3 Å². The van der Waals surface area contributed by atoms with Crippen LogP contribution in [0.3, 0.4) is 0 Å². The number of rotatable bonds is 3. The molecule has 0 saturated heterocycles. The predicted octanol–water partition coefficient (Wildman–Crippen LogP) is 2.01. The van der Waals surface area contributed by atoms with E-state index in [-0.39, 0.29) is 5.97 Å². The van der Waals surface area contributed by atoms with Gasteiger partial charge in [-0.25, -0.2) is 4.79 Å². The standard InChI is InChI=1S/C9H10N2O2.BF4/c1-2-13-9(12)7-3-5-8(11-10)6-4-7;2-1(3,4)5/h3-6,10H,2H2,1H3;/q;-1/p+1. The second-order valence-electron chi connectivity index (χ2n) is 2.89. The predicted molar refractivity (Wildman–Crippen MR) is 56.6 cm³/mol. The molecule has 1 aromatic carbocycles. The lowest BCUT2D eigenvalue weighted by atomic mass is 10.2. The number of hydrogen-bond donors (Lipinski definition) is 1. The molecule has 0 spiro atoms. The molecule has 9 heteroatoms.